The molecule has 3 heteroatoms. The number of ether oxygens (including phenoxy) is 1. The van der Waals surface area contributed by atoms with Crippen molar-refractivity contribution in [3.8, 4) is 0 Å². The van der Waals surface area contributed by atoms with Gasteiger partial charge >= 0.3 is 0 Å². The predicted octanol–water partition coefficient (Wildman–Crippen LogP) is 0.742. The number of nitrogens with one attached hydrogen (secondary N) is 1. The fourth-order valence-electron chi connectivity index (χ4n) is 1.28. The summed E-state index contributed by atoms with van der Waals surface area (Å²) in [6.07, 6.45) is 1.60. The molecule has 1 fully saturated rings. The Balaban J connectivity index is 2.10. The Morgan fingerprint density at radius 3 is 3.42 bits per heavy atom. The number of pyridine rings is 1. The van der Waals surface area contributed by atoms with Crippen molar-refractivity contribution in [3.63, 3.8) is 0 Å². The molecule has 0 spiro atoms. The van der Waals surface area contributed by atoms with E-state index in [0.29, 0.717) is 6.04 Å². The van der Waals surface area contributed by atoms with Crippen molar-refractivity contribution in [1.29, 1.82) is 0 Å². The Morgan fingerprint density at radius 2 is 2.75 bits per heavy atom. The van der Waals surface area contributed by atoms with Crippen LogP contribution in [-0.4, -0.2) is 24.7 Å². The second-order valence-corrected chi connectivity index (χ2v) is 2.75. The second-order valence-electron chi connectivity index (χ2n) is 2.75. The molecule has 2 heterocycles. The van der Waals surface area contributed by atoms with Crippen LogP contribution in [0.3, 0.4) is 0 Å². The molecule has 0 saturated carbocycles. The summed E-state index contributed by atoms with van der Waals surface area (Å²) in [6.45, 7) is 2.45. The van der Waals surface area contributed by atoms with Gasteiger partial charge in [-0.3, -0.25) is 4.98 Å². The van der Waals surface area contributed by atoms with Crippen LogP contribution in [0.4, 0.5) is 0 Å². The molecule has 1 aliphatic rings. The first-order chi connectivity index (χ1) is 6.36. The Morgan fingerprint density at radius 1 is 1.75 bits per heavy atom. The molecule has 0 aromatic carbocycles. The van der Waals surface area contributed by atoms with Crippen molar-refractivity contribution < 1.29 is 6.11 Å². The minimum atomic E-state index is 0.0503. The van der Waals surface area contributed by atoms with Gasteiger partial charge < -0.3 is 10.1 Å². The summed E-state index contributed by atoms with van der Waals surface area (Å²) < 4.78 is 12.8. The van der Waals surface area contributed by atoms with Crippen LogP contribution in [0, 0.1) is 0 Å². The SMILES string of the molecule is [2H]c1ccc(C2CNCCO2)nc1. The first kappa shape index (κ1) is 6.57. The maximum atomic E-state index is 7.29. The normalized spacial score (nSPS) is 25.0. The van der Waals surface area contributed by atoms with E-state index >= 15 is 0 Å². The lowest BCUT2D eigenvalue weighted by atomic mass is 10.2. The number of hydrogen-bond acceptors (Lipinski definition) is 3. The van der Waals surface area contributed by atoms with Crippen molar-refractivity contribution in [3.05, 3.63) is 30.1 Å². The van der Waals surface area contributed by atoms with Crippen LogP contribution in [-0.2, 0) is 4.74 Å². The maximum absolute atomic E-state index is 7.29. The Bertz CT molecular complexity index is 269. The van der Waals surface area contributed by atoms with Crippen molar-refractivity contribution in [2.75, 3.05) is 19.7 Å². The number of morpholine rings is 1. The van der Waals surface area contributed by atoms with Crippen molar-refractivity contribution in [2.24, 2.45) is 0 Å². The van der Waals surface area contributed by atoms with Crippen molar-refractivity contribution in [1.82, 2.24) is 10.3 Å². The topological polar surface area (TPSA) is 34.1 Å². The summed E-state index contributed by atoms with van der Waals surface area (Å²) in [5.41, 5.74) is 0.906. The van der Waals surface area contributed by atoms with E-state index < -0.39 is 0 Å². The van der Waals surface area contributed by atoms with Gasteiger partial charge in [-0.15, -0.1) is 0 Å². The lowest BCUT2D eigenvalue weighted by Gasteiger charge is -2.22. The van der Waals surface area contributed by atoms with Gasteiger partial charge in [0.1, 0.15) is 6.10 Å². The summed E-state index contributed by atoms with van der Waals surface area (Å²) in [5.74, 6) is 0. The van der Waals surface area contributed by atoms with Crippen LogP contribution >= 0.6 is 0 Å². The summed E-state index contributed by atoms with van der Waals surface area (Å²) in [7, 11) is 0. The smallest absolute Gasteiger partial charge is 0.112 e. The quantitative estimate of drug-likeness (QED) is 0.666. The summed E-state index contributed by atoms with van der Waals surface area (Å²) in [6, 6.07) is 4.02. The summed E-state index contributed by atoms with van der Waals surface area (Å²) in [4.78, 5) is 4.15. The average molecular weight is 165 g/mol. The molecular weight excluding hydrogens is 152 g/mol. The summed E-state index contributed by atoms with van der Waals surface area (Å²) >= 11 is 0. The van der Waals surface area contributed by atoms with E-state index in [-0.39, 0.29) is 6.10 Å². The number of hydrogen-bond donors (Lipinski definition) is 1. The molecular formula is C9H12N2O. The first-order valence-corrected chi connectivity index (χ1v) is 4.11. The van der Waals surface area contributed by atoms with Gasteiger partial charge in [0.05, 0.1) is 13.7 Å². The highest BCUT2D eigenvalue weighted by Gasteiger charge is 2.15. The zero-order valence-electron chi connectivity index (χ0n) is 7.79. The van der Waals surface area contributed by atoms with E-state index in [2.05, 4.69) is 10.3 Å². The van der Waals surface area contributed by atoms with Crippen molar-refractivity contribution >= 4 is 0 Å². The highest BCUT2D eigenvalue weighted by atomic mass is 16.5. The maximum Gasteiger partial charge on any atom is 0.112 e. The highest BCUT2D eigenvalue weighted by Crippen LogP contribution is 2.14. The molecule has 0 amide bonds. The van der Waals surface area contributed by atoms with Crippen LogP contribution in [0.2, 0.25) is 0 Å². The van der Waals surface area contributed by atoms with Gasteiger partial charge in [-0.05, 0) is 12.1 Å². The summed E-state index contributed by atoms with van der Waals surface area (Å²) in [5, 5.41) is 3.24. The van der Waals surface area contributed by atoms with E-state index in [4.69, 9.17) is 6.11 Å². The zero-order chi connectivity index (χ0) is 9.10. The fraction of sp³-hybridized carbons (Fsp3) is 0.444. The second kappa shape index (κ2) is 3.65. The Hall–Kier alpha value is -0.930. The van der Waals surface area contributed by atoms with Gasteiger partial charge in [0.15, 0.2) is 0 Å². The molecule has 12 heavy (non-hydrogen) atoms. The highest BCUT2D eigenvalue weighted by molar-refractivity contribution is 5.07. The minimum absolute atomic E-state index is 0.0503. The molecule has 1 unspecified atom stereocenters. The molecule has 0 aliphatic carbocycles. The molecule has 1 saturated heterocycles. The number of rotatable bonds is 1. The lowest BCUT2D eigenvalue weighted by molar-refractivity contribution is 0.0250. The largest absolute Gasteiger partial charge is 0.369 e. The van der Waals surface area contributed by atoms with Gasteiger partial charge in [-0.25, -0.2) is 0 Å². The van der Waals surface area contributed by atoms with Crippen LogP contribution in [0.15, 0.2) is 24.4 Å². The fourth-order valence-corrected chi connectivity index (χ4v) is 1.28. The molecule has 1 aromatic rings. The van der Waals surface area contributed by atoms with Crippen LogP contribution in [0.5, 0.6) is 0 Å². The van der Waals surface area contributed by atoms with Crippen LogP contribution in [0.25, 0.3) is 0 Å². The van der Waals surface area contributed by atoms with Gasteiger partial charge in [0, 0.05) is 19.3 Å². The third-order valence-corrected chi connectivity index (χ3v) is 1.90. The van der Waals surface area contributed by atoms with Gasteiger partial charge in [-0.1, -0.05) is 6.07 Å². The molecule has 1 aromatic heterocycles. The number of nitrogens with zero attached hydrogens (tertiary/aromatic N) is 1. The van der Waals surface area contributed by atoms with E-state index in [9.17, 15) is 0 Å². The molecule has 1 N–H and O–H groups in total. The molecule has 0 radical (unpaired) electrons. The van der Waals surface area contributed by atoms with Gasteiger partial charge in [0.2, 0.25) is 0 Å². The standard InChI is InChI=1S/C9H12N2O/c1-2-4-11-8(3-1)9-7-10-5-6-12-9/h1-4,9-10H,5-7H2/i2D. The van der Waals surface area contributed by atoms with E-state index in [1.165, 1.54) is 0 Å². The Labute approximate surface area is 73.2 Å². The predicted molar refractivity (Wildman–Crippen MR) is 45.8 cm³/mol. The van der Waals surface area contributed by atoms with Crippen LogP contribution < -0.4 is 5.32 Å². The lowest BCUT2D eigenvalue weighted by Crippen LogP contribution is -2.33. The average Bonchev–Trinajstić information content (AvgIpc) is 2.20. The van der Waals surface area contributed by atoms with Crippen LogP contribution in [0.1, 0.15) is 13.2 Å². The minimum Gasteiger partial charge on any atom is -0.369 e. The molecule has 0 bridgehead atoms. The molecule has 1 aliphatic heterocycles. The van der Waals surface area contributed by atoms with Crippen molar-refractivity contribution in [2.45, 2.75) is 6.10 Å². The zero-order valence-corrected chi connectivity index (χ0v) is 6.79. The van der Waals surface area contributed by atoms with E-state index in [0.717, 1.165) is 25.4 Å². The molecule has 2 rings (SSSR count). The Kier molecular flexibility index (Phi) is 2.00. The van der Waals surface area contributed by atoms with Gasteiger partial charge in [0.25, 0.3) is 0 Å². The van der Waals surface area contributed by atoms with Gasteiger partial charge in [-0.2, -0.15) is 0 Å². The van der Waals surface area contributed by atoms with E-state index in [1.54, 1.807) is 12.3 Å². The first-order valence-electron chi connectivity index (χ1n) is 4.61. The third-order valence-electron chi connectivity index (χ3n) is 1.90. The third kappa shape index (κ3) is 1.62. The monoisotopic (exact) mass is 165 g/mol. The van der Waals surface area contributed by atoms with E-state index in [1.807, 2.05) is 6.07 Å². The number of aromatic nitrogens is 1. The molecule has 3 nitrogen and oxygen atoms in total. The molecule has 64 valence electrons. The molecule has 1 atom stereocenters.